The second kappa shape index (κ2) is 12.7. The van der Waals surface area contributed by atoms with Gasteiger partial charge < -0.3 is 10.2 Å². The molecule has 0 fully saturated rings. The minimum absolute atomic E-state index is 0.0298. The van der Waals surface area contributed by atoms with Crippen molar-refractivity contribution in [2.75, 3.05) is 17.4 Å². The van der Waals surface area contributed by atoms with Crippen LogP contribution in [0.15, 0.2) is 77.7 Å². The quantitative estimate of drug-likeness (QED) is 0.387. The third-order valence-electron chi connectivity index (χ3n) is 6.25. The van der Waals surface area contributed by atoms with Crippen LogP contribution in [0.3, 0.4) is 0 Å². The van der Waals surface area contributed by atoms with E-state index >= 15 is 0 Å². The molecule has 1 atom stereocenters. The van der Waals surface area contributed by atoms with Crippen LogP contribution in [0, 0.1) is 19.7 Å². The van der Waals surface area contributed by atoms with Crippen LogP contribution in [0.25, 0.3) is 0 Å². The van der Waals surface area contributed by atoms with Crippen LogP contribution in [0.2, 0.25) is 0 Å². The van der Waals surface area contributed by atoms with Gasteiger partial charge >= 0.3 is 0 Å². The Morgan fingerprint density at radius 3 is 2.26 bits per heavy atom. The summed E-state index contributed by atoms with van der Waals surface area (Å²) in [5.41, 5.74) is 2.19. The van der Waals surface area contributed by atoms with Crippen molar-refractivity contribution in [1.82, 2.24) is 10.2 Å². The summed E-state index contributed by atoms with van der Waals surface area (Å²) >= 11 is 0. The molecule has 3 aromatic rings. The van der Waals surface area contributed by atoms with Crippen molar-refractivity contribution in [3.8, 4) is 0 Å². The van der Waals surface area contributed by atoms with E-state index in [1.165, 1.54) is 35.2 Å². The van der Waals surface area contributed by atoms with Gasteiger partial charge in [0, 0.05) is 18.7 Å². The maximum atomic E-state index is 14.6. The number of carbonyl (C=O) groups excluding carboxylic acids is 2. The minimum atomic E-state index is -4.15. The molecule has 1 N–H and O–H groups in total. The second-order valence-corrected chi connectivity index (χ2v) is 11.1. The van der Waals surface area contributed by atoms with Gasteiger partial charge in [-0.15, -0.1) is 0 Å². The fourth-order valence-electron chi connectivity index (χ4n) is 4.11. The summed E-state index contributed by atoms with van der Waals surface area (Å²) in [6.07, 6.45) is 0.704. The Balaban J connectivity index is 2.05. The van der Waals surface area contributed by atoms with Crippen LogP contribution in [-0.4, -0.2) is 44.3 Å². The fourth-order valence-corrected chi connectivity index (χ4v) is 5.61. The fraction of sp³-hybridized carbons (Fsp3) is 0.310. The molecule has 0 saturated carbocycles. The molecule has 0 aromatic heterocycles. The summed E-state index contributed by atoms with van der Waals surface area (Å²) in [5.74, 6) is -1.55. The normalized spacial score (nSPS) is 12.0. The SMILES string of the molecule is CCCNC(=O)C(C)N(Cc1ccccc1F)C(=O)CN(c1ccc(C)cc1C)S(=O)(=O)c1ccccc1. The largest absolute Gasteiger partial charge is 0.354 e. The van der Waals surface area contributed by atoms with E-state index < -0.39 is 40.2 Å². The lowest BCUT2D eigenvalue weighted by Crippen LogP contribution is -2.51. The summed E-state index contributed by atoms with van der Waals surface area (Å²) in [6, 6.07) is 18.2. The van der Waals surface area contributed by atoms with Gasteiger partial charge in [0.25, 0.3) is 10.0 Å². The first-order valence-corrected chi connectivity index (χ1v) is 14.0. The molecule has 0 saturated heterocycles. The van der Waals surface area contributed by atoms with Crippen LogP contribution in [0.4, 0.5) is 10.1 Å². The maximum Gasteiger partial charge on any atom is 0.264 e. The molecule has 3 aromatic carbocycles. The third kappa shape index (κ3) is 6.77. The standard InChI is InChI=1S/C29H34FN3O4S/c1-5-17-31-29(35)23(4)32(19-24-11-9-10-14-26(24)30)28(34)20-33(27-16-15-21(2)18-22(27)3)38(36,37)25-12-7-6-8-13-25/h6-16,18,23H,5,17,19-20H2,1-4H3,(H,31,35). The number of halogens is 1. The molecular formula is C29H34FN3O4S. The number of hydrogen-bond acceptors (Lipinski definition) is 4. The van der Waals surface area contributed by atoms with Crippen molar-refractivity contribution >= 4 is 27.5 Å². The van der Waals surface area contributed by atoms with E-state index in [0.29, 0.717) is 24.2 Å². The second-order valence-electron chi connectivity index (χ2n) is 9.19. The number of hydrogen-bond donors (Lipinski definition) is 1. The number of aryl methyl sites for hydroxylation is 2. The van der Waals surface area contributed by atoms with Crippen LogP contribution in [0.5, 0.6) is 0 Å². The average Bonchev–Trinajstić information content (AvgIpc) is 2.90. The van der Waals surface area contributed by atoms with E-state index in [4.69, 9.17) is 0 Å². The molecule has 202 valence electrons. The molecule has 0 heterocycles. The number of sulfonamides is 1. The van der Waals surface area contributed by atoms with Gasteiger partial charge in [0.15, 0.2) is 0 Å². The molecule has 7 nitrogen and oxygen atoms in total. The molecule has 0 radical (unpaired) electrons. The van der Waals surface area contributed by atoms with Crippen molar-refractivity contribution in [1.29, 1.82) is 0 Å². The predicted molar refractivity (Wildman–Crippen MR) is 147 cm³/mol. The summed E-state index contributed by atoms with van der Waals surface area (Å²) in [5, 5.41) is 2.77. The van der Waals surface area contributed by atoms with Crippen molar-refractivity contribution in [3.63, 3.8) is 0 Å². The number of nitrogens with zero attached hydrogens (tertiary/aromatic N) is 2. The van der Waals surface area contributed by atoms with E-state index in [1.54, 1.807) is 50.2 Å². The minimum Gasteiger partial charge on any atom is -0.354 e. The summed E-state index contributed by atoms with van der Waals surface area (Å²) in [6.45, 7) is 6.78. The predicted octanol–water partition coefficient (Wildman–Crippen LogP) is 4.58. The molecule has 1 unspecified atom stereocenters. The number of nitrogens with one attached hydrogen (secondary N) is 1. The van der Waals surface area contributed by atoms with Crippen LogP contribution < -0.4 is 9.62 Å². The van der Waals surface area contributed by atoms with Crippen molar-refractivity contribution in [3.05, 3.63) is 95.3 Å². The smallest absolute Gasteiger partial charge is 0.264 e. The molecular weight excluding hydrogens is 505 g/mol. The molecule has 2 amide bonds. The zero-order valence-corrected chi connectivity index (χ0v) is 23.0. The van der Waals surface area contributed by atoms with Gasteiger partial charge in [-0.1, -0.05) is 61.0 Å². The van der Waals surface area contributed by atoms with Gasteiger partial charge in [0.05, 0.1) is 10.6 Å². The third-order valence-corrected chi connectivity index (χ3v) is 8.02. The average molecular weight is 540 g/mol. The number of rotatable bonds is 11. The first kappa shape index (κ1) is 28.8. The molecule has 9 heteroatoms. The van der Waals surface area contributed by atoms with Gasteiger partial charge in [0.1, 0.15) is 18.4 Å². The first-order valence-electron chi connectivity index (χ1n) is 12.5. The number of anilines is 1. The topological polar surface area (TPSA) is 86.8 Å². The van der Waals surface area contributed by atoms with Gasteiger partial charge in [-0.2, -0.15) is 0 Å². The van der Waals surface area contributed by atoms with Crippen LogP contribution >= 0.6 is 0 Å². The monoisotopic (exact) mass is 539 g/mol. The molecule has 38 heavy (non-hydrogen) atoms. The zero-order valence-electron chi connectivity index (χ0n) is 22.1. The van der Waals surface area contributed by atoms with E-state index in [0.717, 1.165) is 9.87 Å². The molecule has 0 spiro atoms. The Morgan fingerprint density at radius 1 is 0.974 bits per heavy atom. The Bertz CT molecular complexity index is 1380. The molecule has 0 aliphatic heterocycles. The Kier molecular flexibility index (Phi) is 9.63. The summed E-state index contributed by atoms with van der Waals surface area (Å²) in [7, 11) is -4.15. The van der Waals surface area contributed by atoms with E-state index in [-0.39, 0.29) is 17.0 Å². The van der Waals surface area contributed by atoms with E-state index in [2.05, 4.69) is 5.32 Å². The lowest BCUT2D eigenvalue weighted by Gasteiger charge is -2.32. The number of amides is 2. The van der Waals surface area contributed by atoms with E-state index in [9.17, 15) is 22.4 Å². The van der Waals surface area contributed by atoms with Gasteiger partial charge in [0.2, 0.25) is 11.8 Å². The lowest BCUT2D eigenvalue weighted by atomic mass is 10.1. The zero-order chi connectivity index (χ0) is 27.9. The molecule has 3 rings (SSSR count). The van der Waals surface area contributed by atoms with Gasteiger partial charge in [-0.05, 0) is 57.0 Å². The van der Waals surface area contributed by atoms with Crippen molar-refractivity contribution in [2.24, 2.45) is 0 Å². The summed E-state index contributed by atoms with van der Waals surface area (Å²) < 4.78 is 43.2. The van der Waals surface area contributed by atoms with Crippen LogP contribution in [-0.2, 0) is 26.2 Å². The summed E-state index contributed by atoms with van der Waals surface area (Å²) in [4.78, 5) is 27.9. The molecule has 0 bridgehead atoms. The lowest BCUT2D eigenvalue weighted by molar-refractivity contribution is -0.139. The Morgan fingerprint density at radius 2 is 1.63 bits per heavy atom. The first-order chi connectivity index (χ1) is 18.1. The molecule has 0 aliphatic rings. The van der Waals surface area contributed by atoms with Crippen molar-refractivity contribution < 1.29 is 22.4 Å². The maximum absolute atomic E-state index is 14.6. The Labute approximate surface area is 224 Å². The highest BCUT2D eigenvalue weighted by molar-refractivity contribution is 7.92. The van der Waals surface area contributed by atoms with E-state index in [1.807, 2.05) is 19.9 Å². The Hall–Kier alpha value is -3.72. The highest BCUT2D eigenvalue weighted by atomic mass is 32.2. The van der Waals surface area contributed by atoms with Crippen LogP contribution in [0.1, 0.15) is 37.0 Å². The van der Waals surface area contributed by atoms with Gasteiger partial charge in [-0.25, -0.2) is 12.8 Å². The highest BCUT2D eigenvalue weighted by Crippen LogP contribution is 2.28. The van der Waals surface area contributed by atoms with Crippen molar-refractivity contribution in [2.45, 2.75) is 51.6 Å². The highest BCUT2D eigenvalue weighted by Gasteiger charge is 2.33. The number of carbonyl (C=O) groups is 2. The number of benzene rings is 3. The van der Waals surface area contributed by atoms with Gasteiger partial charge in [-0.3, -0.25) is 13.9 Å². The molecule has 0 aliphatic carbocycles.